The molecule has 2 rings (SSSR count). The number of nitriles is 1. The van der Waals surface area contributed by atoms with Gasteiger partial charge in [0.25, 0.3) is 0 Å². The van der Waals surface area contributed by atoms with E-state index in [0.717, 1.165) is 37.9 Å². The lowest BCUT2D eigenvalue weighted by Gasteiger charge is -2.33. The molecule has 0 radical (unpaired) electrons. The van der Waals surface area contributed by atoms with E-state index < -0.39 is 5.60 Å². The number of nitrogens with zero attached hydrogens (tertiary/aromatic N) is 2. The Morgan fingerprint density at radius 2 is 1.92 bits per heavy atom. The highest BCUT2D eigenvalue weighted by molar-refractivity contribution is 5.68. The molecule has 1 aliphatic rings. The molecule has 24 heavy (non-hydrogen) atoms. The molecule has 1 aromatic carbocycles. The highest BCUT2D eigenvalue weighted by Crippen LogP contribution is 2.23. The van der Waals surface area contributed by atoms with Gasteiger partial charge in [-0.2, -0.15) is 5.26 Å². The van der Waals surface area contributed by atoms with Gasteiger partial charge in [-0.15, -0.1) is 0 Å². The molecule has 0 spiro atoms. The van der Waals surface area contributed by atoms with Gasteiger partial charge >= 0.3 is 6.09 Å². The second-order valence-corrected chi connectivity index (χ2v) is 7.28. The van der Waals surface area contributed by atoms with Crippen LogP contribution in [-0.4, -0.2) is 29.7 Å². The lowest BCUT2D eigenvalue weighted by atomic mass is 9.93. The van der Waals surface area contributed by atoms with Crippen LogP contribution in [0.5, 0.6) is 0 Å². The van der Waals surface area contributed by atoms with Crippen LogP contribution in [0.1, 0.15) is 51.2 Å². The average molecular weight is 326 g/mol. The maximum atomic E-state index is 12.0. The normalized spacial score (nSPS) is 16.2. The molecule has 0 aliphatic carbocycles. The molecular weight excluding hydrogens is 300 g/mol. The Kier molecular flexibility index (Phi) is 6.03. The van der Waals surface area contributed by atoms with Gasteiger partial charge in [-0.3, -0.25) is 0 Å². The summed E-state index contributed by atoms with van der Waals surface area (Å²) in [5.41, 5.74) is 1.36. The number of hydrogen-bond donors (Lipinski definition) is 0. The van der Waals surface area contributed by atoms with Crippen LogP contribution >= 0.6 is 0 Å². The molecule has 0 atom stereocenters. The van der Waals surface area contributed by atoms with Crippen molar-refractivity contribution in [2.75, 3.05) is 13.1 Å². The lowest BCUT2D eigenvalue weighted by Crippen LogP contribution is -2.41. The number of allylic oxidation sites excluding steroid dienone is 1. The number of rotatable bonds is 3. The fourth-order valence-corrected chi connectivity index (χ4v) is 2.74. The van der Waals surface area contributed by atoms with Crippen molar-refractivity contribution >= 4 is 12.2 Å². The SMILES string of the molecule is CC(C)(C)OC(=O)N1CCC(C/C=C/c2ccc(C#N)cc2)CC1. The van der Waals surface area contributed by atoms with Crippen molar-refractivity contribution in [2.45, 2.75) is 45.6 Å². The maximum absolute atomic E-state index is 12.0. The van der Waals surface area contributed by atoms with Gasteiger partial charge < -0.3 is 9.64 Å². The number of likely N-dealkylation sites (tertiary alicyclic amines) is 1. The van der Waals surface area contributed by atoms with Gasteiger partial charge in [-0.25, -0.2) is 4.79 Å². The average Bonchev–Trinajstić information content (AvgIpc) is 2.54. The van der Waals surface area contributed by atoms with Gasteiger partial charge in [0.15, 0.2) is 0 Å². The number of carbonyl (C=O) groups is 1. The number of amides is 1. The summed E-state index contributed by atoms with van der Waals surface area (Å²) in [7, 11) is 0. The Labute approximate surface area is 144 Å². The molecule has 1 fully saturated rings. The minimum atomic E-state index is -0.433. The number of carbonyl (C=O) groups excluding carboxylic acids is 1. The summed E-state index contributed by atoms with van der Waals surface area (Å²) >= 11 is 0. The number of hydrogen-bond acceptors (Lipinski definition) is 3. The quantitative estimate of drug-likeness (QED) is 0.815. The highest BCUT2D eigenvalue weighted by atomic mass is 16.6. The van der Waals surface area contributed by atoms with Gasteiger partial charge in [0, 0.05) is 13.1 Å². The van der Waals surface area contributed by atoms with E-state index in [4.69, 9.17) is 10.00 Å². The summed E-state index contributed by atoms with van der Waals surface area (Å²) in [4.78, 5) is 13.9. The molecule has 1 heterocycles. The van der Waals surface area contributed by atoms with Gasteiger partial charge in [-0.1, -0.05) is 24.3 Å². The molecule has 1 aromatic rings. The van der Waals surface area contributed by atoms with Crippen molar-refractivity contribution in [1.29, 1.82) is 5.26 Å². The number of ether oxygens (including phenoxy) is 1. The molecule has 1 saturated heterocycles. The van der Waals surface area contributed by atoms with Crippen molar-refractivity contribution in [3.8, 4) is 6.07 Å². The van der Waals surface area contributed by atoms with Gasteiger partial charge in [0.1, 0.15) is 5.60 Å². The van der Waals surface area contributed by atoms with E-state index in [-0.39, 0.29) is 6.09 Å². The maximum Gasteiger partial charge on any atom is 0.410 e. The van der Waals surface area contributed by atoms with Gasteiger partial charge in [-0.05, 0) is 63.6 Å². The van der Waals surface area contributed by atoms with Crippen LogP contribution in [0.3, 0.4) is 0 Å². The Hall–Kier alpha value is -2.28. The molecule has 128 valence electrons. The molecule has 4 heteroatoms. The summed E-state index contributed by atoms with van der Waals surface area (Å²) in [5, 5.41) is 8.79. The predicted octanol–water partition coefficient (Wildman–Crippen LogP) is 4.61. The van der Waals surface area contributed by atoms with Crippen molar-refractivity contribution < 1.29 is 9.53 Å². The van der Waals surface area contributed by atoms with Crippen LogP contribution in [0, 0.1) is 17.2 Å². The molecule has 0 N–H and O–H groups in total. The van der Waals surface area contributed by atoms with Crippen molar-refractivity contribution in [3.63, 3.8) is 0 Å². The first kappa shape index (κ1) is 18.1. The predicted molar refractivity (Wildman–Crippen MR) is 95.3 cm³/mol. The van der Waals surface area contributed by atoms with Gasteiger partial charge in [0.05, 0.1) is 11.6 Å². The standard InChI is InChI=1S/C20H26N2O2/c1-20(2,3)24-19(23)22-13-11-17(12-14-22)6-4-5-16-7-9-18(15-21)10-8-16/h4-5,7-10,17H,6,11-14H2,1-3H3/b5-4+. The van der Waals surface area contributed by atoms with Crippen LogP contribution in [0.4, 0.5) is 4.79 Å². The molecule has 0 bridgehead atoms. The minimum Gasteiger partial charge on any atom is -0.444 e. The molecule has 0 saturated carbocycles. The summed E-state index contributed by atoms with van der Waals surface area (Å²) in [6, 6.07) is 9.70. The van der Waals surface area contributed by atoms with Crippen LogP contribution in [0.25, 0.3) is 6.08 Å². The first-order valence-electron chi connectivity index (χ1n) is 8.52. The Balaban J connectivity index is 1.75. The third-order valence-electron chi connectivity index (χ3n) is 4.09. The minimum absolute atomic E-state index is 0.200. The Morgan fingerprint density at radius 1 is 1.29 bits per heavy atom. The summed E-state index contributed by atoms with van der Waals surface area (Å²) in [6.45, 7) is 7.22. The fraction of sp³-hybridized carbons (Fsp3) is 0.500. The van der Waals surface area contributed by atoms with Crippen molar-refractivity contribution in [3.05, 3.63) is 41.5 Å². The fourth-order valence-electron chi connectivity index (χ4n) is 2.74. The topological polar surface area (TPSA) is 53.3 Å². The summed E-state index contributed by atoms with van der Waals surface area (Å²) in [5.74, 6) is 0.610. The van der Waals surface area contributed by atoms with Crippen LogP contribution in [0.2, 0.25) is 0 Å². The third kappa shape index (κ3) is 5.73. The molecule has 0 unspecified atom stereocenters. The highest BCUT2D eigenvalue weighted by Gasteiger charge is 2.26. The Morgan fingerprint density at radius 3 is 2.46 bits per heavy atom. The largest absolute Gasteiger partial charge is 0.444 e. The molecule has 1 amide bonds. The summed E-state index contributed by atoms with van der Waals surface area (Å²) < 4.78 is 5.42. The molecule has 4 nitrogen and oxygen atoms in total. The van der Waals surface area contributed by atoms with Crippen LogP contribution < -0.4 is 0 Å². The van der Waals surface area contributed by atoms with Gasteiger partial charge in [0.2, 0.25) is 0 Å². The van der Waals surface area contributed by atoms with E-state index >= 15 is 0 Å². The zero-order chi connectivity index (χ0) is 17.6. The van der Waals surface area contributed by atoms with Crippen molar-refractivity contribution in [2.24, 2.45) is 5.92 Å². The molecule has 1 aliphatic heterocycles. The summed E-state index contributed by atoms with van der Waals surface area (Å²) in [6.07, 6.45) is 7.13. The van der Waals surface area contributed by atoms with E-state index in [9.17, 15) is 4.79 Å². The molecule has 0 aromatic heterocycles. The number of piperidine rings is 1. The van der Waals surface area contributed by atoms with E-state index in [0.29, 0.717) is 11.5 Å². The van der Waals surface area contributed by atoms with Crippen LogP contribution in [0.15, 0.2) is 30.3 Å². The van der Waals surface area contributed by atoms with E-state index in [1.165, 1.54) is 0 Å². The monoisotopic (exact) mass is 326 g/mol. The third-order valence-corrected chi connectivity index (χ3v) is 4.09. The smallest absolute Gasteiger partial charge is 0.410 e. The van der Waals surface area contributed by atoms with E-state index in [1.807, 2.05) is 49.9 Å². The Bertz CT molecular complexity index is 613. The number of benzene rings is 1. The lowest BCUT2D eigenvalue weighted by molar-refractivity contribution is 0.0185. The molecular formula is C20H26N2O2. The second-order valence-electron chi connectivity index (χ2n) is 7.28. The van der Waals surface area contributed by atoms with Crippen LogP contribution in [-0.2, 0) is 4.74 Å². The van der Waals surface area contributed by atoms with Crippen molar-refractivity contribution in [1.82, 2.24) is 4.90 Å². The first-order chi connectivity index (χ1) is 11.4. The zero-order valence-corrected chi connectivity index (χ0v) is 14.8. The van der Waals surface area contributed by atoms with E-state index in [1.54, 1.807) is 0 Å². The zero-order valence-electron chi connectivity index (χ0n) is 14.8. The first-order valence-corrected chi connectivity index (χ1v) is 8.52. The second kappa shape index (κ2) is 8.01. The van der Waals surface area contributed by atoms with E-state index in [2.05, 4.69) is 18.2 Å².